The van der Waals surface area contributed by atoms with Gasteiger partial charge in [-0.3, -0.25) is 0 Å². The average molecular weight is 153 g/mol. The van der Waals surface area contributed by atoms with Crippen LogP contribution < -0.4 is 0 Å². The van der Waals surface area contributed by atoms with Crippen LogP contribution in [0.15, 0.2) is 12.2 Å². The molecule has 1 heteroatoms. The largest absolute Gasteiger partial charge is 0.415 e. The first-order valence-corrected chi connectivity index (χ1v) is 4.49. The van der Waals surface area contributed by atoms with Crippen LogP contribution in [0.4, 0.5) is 0 Å². The van der Waals surface area contributed by atoms with Crippen LogP contribution in [-0.2, 0) is 0 Å². The molecule has 1 N–H and O–H groups in total. The molecule has 3 atom stereocenters. The van der Waals surface area contributed by atoms with Crippen molar-refractivity contribution < 1.29 is 4.74 Å². The van der Waals surface area contributed by atoms with Crippen molar-refractivity contribution >= 4 is 0 Å². The van der Waals surface area contributed by atoms with Gasteiger partial charge in [0.15, 0.2) is 0 Å². The van der Waals surface area contributed by atoms with E-state index >= 15 is 0 Å². The van der Waals surface area contributed by atoms with Crippen molar-refractivity contribution in [2.75, 3.05) is 0 Å². The quantitative estimate of drug-likeness (QED) is 0.310. The fraction of sp³-hybridized carbons (Fsp3) is 0.800. The van der Waals surface area contributed by atoms with Gasteiger partial charge in [0, 0.05) is 19.8 Å². The zero-order valence-corrected chi connectivity index (χ0v) is 7.43. The first-order valence-electron chi connectivity index (χ1n) is 4.49. The molecule has 1 nitrogen and oxygen atoms in total. The van der Waals surface area contributed by atoms with Crippen molar-refractivity contribution in [1.82, 2.24) is 0 Å². The van der Waals surface area contributed by atoms with Crippen molar-refractivity contribution in [2.24, 2.45) is 5.92 Å². The Morgan fingerprint density at radius 1 is 1.64 bits per heavy atom. The predicted octanol–water partition coefficient (Wildman–Crippen LogP) is 2.03. The summed E-state index contributed by atoms with van der Waals surface area (Å²) >= 11 is 0. The number of aliphatic hydroxyl groups is 2. The predicted molar refractivity (Wildman–Crippen MR) is 46.6 cm³/mol. The number of hydrogen-bond acceptors (Lipinski definition) is 0. The number of allylic oxidation sites excluding steroid dienone is 1. The molecule has 11 heavy (non-hydrogen) atoms. The monoisotopic (exact) mass is 153 g/mol. The van der Waals surface area contributed by atoms with Crippen LogP contribution in [0.25, 0.3) is 0 Å². The molecule has 1 aliphatic carbocycles. The molecule has 0 radical (unpaired) electrons. The lowest BCUT2D eigenvalue weighted by Gasteiger charge is -2.17. The van der Waals surface area contributed by atoms with E-state index in [4.69, 9.17) is 0 Å². The van der Waals surface area contributed by atoms with Crippen molar-refractivity contribution in [3.63, 3.8) is 0 Å². The summed E-state index contributed by atoms with van der Waals surface area (Å²) in [5.41, 5.74) is 1.75. The highest BCUT2D eigenvalue weighted by Gasteiger charge is 2.63. The van der Waals surface area contributed by atoms with Gasteiger partial charge in [0.2, 0.25) is 11.7 Å². The molecule has 2 rings (SSSR count). The average Bonchev–Trinajstić information content (AvgIpc) is 2.58. The molecule has 1 aliphatic heterocycles. The van der Waals surface area contributed by atoms with Gasteiger partial charge in [-0.05, 0) is 19.3 Å². The smallest absolute Gasteiger partial charge is 0.234 e. The van der Waals surface area contributed by atoms with E-state index in [1.54, 1.807) is 0 Å². The minimum atomic E-state index is 0.395. The lowest BCUT2D eigenvalue weighted by molar-refractivity contribution is 0.125. The number of fused-ring (bicyclic) bond motifs is 1. The van der Waals surface area contributed by atoms with E-state index in [9.17, 15) is 0 Å². The lowest BCUT2D eigenvalue weighted by atomic mass is 9.80. The van der Waals surface area contributed by atoms with Crippen molar-refractivity contribution in [3.8, 4) is 0 Å². The zero-order chi connectivity index (χ0) is 8.06. The van der Waals surface area contributed by atoms with Gasteiger partial charge >= 0.3 is 0 Å². The van der Waals surface area contributed by atoms with E-state index in [1.165, 1.54) is 24.8 Å². The Bertz CT molecular complexity index is 197. The van der Waals surface area contributed by atoms with Crippen LogP contribution in [0, 0.1) is 5.92 Å². The van der Waals surface area contributed by atoms with Crippen LogP contribution in [0.1, 0.15) is 33.1 Å². The molecule has 1 heterocycles. The maximum atomic E-state index is 4.58. The highest BCUT2D eigenvalue weighted by molar-refractivity contribution is 5.08. The molecule has 0 amide bonds. The van der Waals surface area contributed by atoms with Crippen LogP contribution in [0.3, 0.4) is 0 Å². The number of rotatable bonds is 1. The molecule has 2 aliphatic rings. The summed E-state index contributed by atoms with van der Waals surface area (Å²) in [6.07, 6.45) is 4.55. The topological polar surface area (TPSA) is 12.8 Å². The van der Waals surface area contributed by atoms with Gasteiger partial charge < -0.3 is 4.74 Å². The standard InChI is InChI=1S/C10H16O/c1-7(2)8-4-5-10(3)9(6-8)11-10/h8-9H,1,4-6H2,2-3H3/p+1/t8?,9-,10+/m0/s1. The van der Waals surface area contributed by atoms with Crippen LogP contribution in [-0.4, -0.2) is 16.4 Å². The second-order valence-electron chi connectivity index (χ2n) is 4.32. The van der Waals surface area contributed by atoms with E-state index in [1.807, 2.05) is 0 Å². The van der Waals surface area contributed by atoms with E-state index in [0.717, 1.165) is 5.92 Å². The molecule has 2 fully saturated rings. The summed E-state index contributed by atoms with van der Waals surface area (Å²) in [5, 5.41) is 0. The van der Waals surface area contributed by atoms with Gasteiger partial charge in [-0.1, -0.05) is 12.2 Å². The third kappa shape index (κ3) is 1.12. The minimum Gasteiger partial charge on any atom is -0.415 e. The maximum Gasteiger partial charge on any atom is 0.234 e. The maximum absolute atomic E-state index is 4.58. The van der Waals surface area contributed by atoms with Gasteiger partial charge in [-0.25, -0.2) is 0 Å². The third-order valence-corrected chi connectivity index (χ3v) is 3.30. The summed E-state index contributed by atoms with van der Waals surface area (Å²) in [6, 6.07) is 0. The summed E-state index contributed by atoms with van der Waals surface area (Å²) in [6.45, 7) is 8.45. The van der Waals surface area contributed by atoms with E-state index in [0.29, 0.717) is 11.7 Å². The molecule has 0 bridgehead atoms. The molecule has 0 aromatic rings. The molecule has 0 aromatic heterocycles. The van der Waals surface area contributed by atoms with Crippen LogP contribution >= 0.6 is 0 Å². The van der Waals surface area contributed by atoms with Gasteiger partial charge in [0.25, 0.3) is 0 Å². The highest BCUT2D eigenvalue weighted by Crippen LogP contribution is 2.47. The van der Waals surface area contributed by atoms with Gasteiger partial charge in [-0.2, -0.15) is 0 Å². The molecule has 62 valence electrons. The minimum absolute atomic E-state index is 0.395. The van der Waals surface area contributed by atoms with E-state index in [2.05, 4.69) is 25.2 Å². The molecular formula is C10H17O+. The summed E-state index contributed by atoms with van der Waals surface area (Å²) in [7, 11) is 0. The molecule has 1 unspecified atom stereocenters. The lowest BCUT2D eigenvalue weighted by Crippen LogP contribution is -2.21. The van der Waals surface area contributed by atoms with E-state index in [-0.39, 0.29) is 0 Å². The Morgan fingerprint density at radius 3 is 2.91 bits per heavy atom. The SMILES string of the molecule is C=C(C)C1CC[C@@]2(C)[OH+][C@H]2C1. The third-order valence-electron chi connectivity index (χ3n) is 3.30. The Balaban J connectivity index is 1.98. The van der Waals surface area contributed by atoms with E-state index < -0.39 is 0 Å². The summed E-state index contributed by atoms with van der Waals surface area (Å²) in [4.78, 5) is 0. The van der Waals surface area contributed by atoms with Gasteiger partial charge in [-0.15, -0.1) is 0 Å². The number of hydrogen-bond donors (Lipinski definition) is 0. The first kappa shape index (κ1) is 7.35. The Kier molecular flexibility index (Phi) is 1.40. The van der Waals surface area contributed by atoms with Crippen molar-refractivity contribution in [3.05, 3.63) is 12.2 Å². The molecule has 1 saturated heterocycles. The summed E-state index contributed by atoms with van der Waals surface area (Å²) < 4.78 is 4.58. The summed E-state index contributed by atoms with van der Waals surface area (Å²) in [5.74, 6) is 0.763. The molecule has 1 saturated carbocycles. The molecule has 0 spiro atoms. The Hall–Kier alpha value is -0.300. The van der Waals surface area contributed by atoms with Crippen molar-refractivity contribution in [1.29, 1.82) is 0 Å². The Labute approximate surface area is 68.4 Å². The second kappa shape index (κ2) is 2.10. The van der Waals surface area contributed by atoms with Crippen LogP contribution in [0.2, 0.25) is 0 Å². The highest BCUT2D eigenvalue weighted by atomic mass is 16.6. The molecule has 0 aromatic carbocycles. The second-order valence-corrected chi connectivity index (χ2v) is 4.32. The fourth-order valence-electron chi connectivity index (χ4n) is 2.16. The Morgan fingerprint density at radius 2 is 2.36 bits per heavy atom. The zero-order valence-electron chi connectivity index (χ0n) is 7.43. The number of ether oxygens (including phenoxy) is 1. The number of epoxide rings is 1. The van der Waals surface area contributed by atoms with Gasteiger partial charge in [0.1, 0.15) is 0 Å². The molecular weight excluding hydrogens is 136 g/mol. The normalized spacial score (nSPS) is 48.2. The first-order chi connectivity index (χ1) is 5.12. The van der Waals surface area contributed by atoms with Gasteiger partial charge in [0.05, 0.1) is 0 Å². The fourth-order valence-corrected chi connectivity index (χ4v) is 2.16. The van der Waals surface area contributed by atoms with Crippen molar-refractivity contribution in [2.45, 2.75) is 44.8 Å². The van der Waals surface area contributed by atoms with Crippen LogP contribution in [0.5, 0.6) is 0 Å².